The van der Waals surface area contributed by atoms with Crippen molar-refractivity contribution in [1.29, 1.82) is 0 Å². The molecular formula is C22H23N3O2S. The Bertz CT molecular complexity index is 1020. The highest BCUT2D eigenvalue weighted by molar-refractivity contribution is 7.12. The number of hydrogen-bond acceptors (Lipinski definition) is 4. The van der Waals surface area contributed by atoms with Gasteiger partial charge >= 0.3 is 0 Å². The molecule has 2 N–H and O–H groups in total. The number of aryl methyl sites for hydroxylation is 3. The van der Waals surface area contributed by atoms with Gasteiger partial charge in [0.05, 0.1) is 28.4 Å². The molecule has 0 aliphatic carbocycles. The zero-order chi connectivity index (χ0) is 20.3. The topological polar surface area (TPSA) is 71.1 Å². The van der Waals surface area contributed by atoms with Crippen LogP contribution in [-0.4, -0.2) is 23.8 Å². The Morgan fingerprint density at radius 2 is 1.75 bits per heavy atom. The van der Waals surface area contributed by atoms with Gasteiger partial charge in [-0.3, -0.25) is 9.59 Å². The van der Waals surface area contributed by atoms with Crippen LogP contribution in [0.15, 0.2) is 42.5 Å². The molecule has 2 amide bonds. The van der Waals surface area contributed by atoms with E-state index >= 15 is 0 Å². The number of anilines is 1. The molecule has 6 heteroatoms. The molecular weight excluding hydrogens is 370 g/mol. The summed E-state index contributed by atoms with van der Waals surface area (Å²) in [5.74, 6) is -0.393. The molecule has 2 aromatic carbocycles. The number of carbonyl (C=O) groups excluding carboxylic acids is 2. The molecule has 0 spiro atoms. The van der Waals surface area contributed by atoms with Crippen LogP contribution in [0.3, 0.4) is 0 Å². The molecule has 0 unspecified atom stereocenters. The standard InChI is InChI=1S/C22H23N3O2S/c1-13-8-10-16(11-9-13)21-18(28-15(3)24-21)12-19(26)25-17-7-5-6-14(2)20(17)22(27)23-4/h5-11H,12H2,1-4H3,(H,23,27)(H,25,26). The fraction of sp³-hybridized carbons (Fsp3) is 0.227. The van der Waals surface area contributed by atoms with Gasteiger partial charge in [0.25, 0.3) is 5.91 Å². The van der Waals surface area contributed by atoms with Crippen molar-refractivity contribution in [3.8, 4) is 11.3 Å². The van der Waals surface area contributed by atoms with Crippen LogP contribution in [0.4, 0.5) is 5.69 Å². The highest BCUT2D eigenvalue weighted by Crippen LogP contribution is 2.29. The van der Waals surface area contributed by atoms with E-state index < -0.39 is 0 Å². The minimum atomic E-state index is -0.220. The fourth-order valence-electron chi connectivity index (χ4n) is 3.06. The lowest BCUT2D eigenvalue weighted by Crippen LogP contribution is -2.23. The number of thiazole rings is 1. The van der Waals surface area contributed by atoms with Crippen LogP contribution in [0.1, 0.15) is 31.4 Å². The Balaban J connectivity index is 1.85. The molecule has 0 saturated heterocycles. The zero-order valence-electron chi connectivity index (χ0n) is 16.4. The third-order valence-electron chi connectivity index (χ3n) is 4.45. The van der Waals surface area contributed by atoms with Crippen molar-refractivity contribution in [3.63, 3.8) is 0 Å². The van der Waals surface area contributed by atoms with Gasteiger partial charge in [0.1, 0.15) is 0 Å². The smallest absolute Gasteiger partial charge is 0.253 e. The summed E-state index contributed by atoms with van der Waals surface area (Å²) in [6.45, 7) is 5.83. The predicted octanol–water partition coefficient (Wildman–Crippen LogP) is 4.28. The molecule has 3 aromatic rings. The first-order chi connectivity index (χ1) is 13.4. The molecule has 1 heterocycles. The minimum Gasteiger partial charge on any atom is -0.355 e. The molecule has 0 saturated carbocycles. The summed E-state index contributed by atoms with van der Waals surface area (Å²) >= 11 is 1.52. The third kappa shape index (κ3) is 4.28. The number of nitrogens with zero attached hydrogens (tertiary/aromatic N) is 1. The van der Waals surface area contributed by atoms with Crippen LogP contribution >= 0.6 is 11.3 Å². The Hall–Kier alpha value is -2.99. The zero-order valence-corrected chi connectivity index (χ0v) is 17.2. The largest absolute Gasteiger partial charge is 0.355 e. The summed E-state index contributed by atoms with van der Waals surface area (Å²) in [7, 11) is 1.58. The minimum absolute atomic E-state index is 0.173. The molecule has 0 bridgehead atoms. The number of rotatable bonds is 5. The van der Waals surface area contributed by atoms with Crippen molar-refractivity contribution < 1.29 is 9.59 Å². The monoisotopic (exact) mass is 393 g/mol. The number of nitrogens with one attached hydrogen (secondary N) is 2. The number of carbonyl (C=O) groups is 2. The molecule has 0 atom stereocenters. The first-order valence-electron chi connectivity index (χ1n) is 9.04. The Morgan fingerprint density at radius 3 is 2.43 bits per heavy atom. The Kier molecular flexibility index (Phi) is 5.90. The van der Waals surface area contributed by atoms with Gasteiger partial charge in [-0.05, 0) is 32.4 Å². The molecule has 0 radical (unpaired) electrons. The molecule has 5 nitrogen and oxygen atoms in total. The van der Waals surface area contributed by atoms with Crippen molar-refractivity contribution >= 4 is 28.8 Å². The second-order valence-corrected chi connectivity index (χ2v) is 7.96. The number of aromatic nitrogens is 1. The number of benzene rings is 2. The van der Waals surface area contributed by atoms with Crippen molar-refractivity contribution in [2.24, 2.45) is 0 Å². The average molecular weight is 394 g/mol. The van der Waals surface area contributed by atoms with E-state index in [-0.39, 0.29) is 18.2 Å². The lowest BCUT2D eigenvalue weighted by atomic mass is 10.1. The maximum atomic E-state index is 12.7. The van der Waals surface area contributed by atoms with Crippen molar-refractivity contribution in [2.45, 2.75) is 27.2 Å². The summed E-state index contributed by atoms with van der Waals surface area (Å²) in [4.78, 5) is 30.5. The lowest BCUT2D eigenvalue weighted by molar-refractivity contribution is -0.115. The van der Waals surface area contributed by atoms with Gasteiger partial charge in [0.15, 0.2) is 0 Å². The third-order valence-corrected chi connectivity index (χ3v) is 5.42. The van der Waals surface area contributed by atoms with Crippen LogP contribution in [0.25, 0.3) is 11.3 Å². The molecule has 0 aliphatic rings. The summed E-state index contributed by atoms with van der Waals surface area (Å²) in [6, 6.07) is 13.5. The van der Waals surface area contributed by atoms with Crippen molar-refractivity contribution in [2.75, 3.05) is 12.4 Å². The van der Waals surface area contributed by atoms with Crippen LogP contribution < -0.4 is 10.6 Å². The maximum Gasteiger partial charge on any atom is 0.253 e. The van der Waals surface area contributed by atoms with Gasteiger partial charge in [-0.15, -0.1) is 11.3 Å². The second kappa shape index (κ2) is 8.35. The van der Waals surface area contributed by atoms with E-state index in [1.54, 1.807) is 13.1 Å². The highest BCUT2D eigenvalue weighted by Gasteiger charge is 2.18. The number of hydrogen-bond donors (Lipinski definition) is 2. The lowest BCUT2D eigenvalue weighted by Gasteiger charge is -2.12. The fourth-order valence-corrected chi connectivity index (χ4v) is 4.02. The molecule has 3 rings (SSSR count). The van der Waals surface area contributed by atoms with Gasteiger partial charge in [0.2, 0.25) is 5.91 Å². The van der Waals surface area contributed by atoms with E-state index in [0.29, 0.717) is 11.3 Å². The van der Waals surface area contributed by atoms with Gasteiger partial charge in [-0.1, -0.05) is 42.0 Å². The van der Waals surface area contributed by atoms with E-state index in [9.17, 15) is 9.59 Å². The van der Waals surface area contributed by atoms with Crippen molar-refractivity contribution in [3.05, 3.63) is 69.0 Å². The van der Waals surface area contributed by atoms with Gasteiger partial charge in [-0.2, -0.15) is 0 Å². The molecule has 0 aliphatic heterocycles. The maximum absolute atomic E-state index is 12.7. The summed E-state index contributed by atoms with van der Waals surface area (Å²) in [5.41, 5.74) is 4.83. The second-order valence-electron chi connectivity index (χ2n) is 6.67. The van der Waals surface area contributed by atoms with Gasteiger partial charge in [0, 0.05) is 17.5 Å². The first-order valence-corrected chi connectivity index (χ1v) is 9.85. The number of amides is 2. The van der Waals surface area contributed by atoms with Crippen LogP contribution in [-0.2, 0) is 11.2 Å². The van der Waals surface area contributed by atoms with Crippen molar-refractivity contribution in [1.82, 2.24) is 10.3 Å². The van der Waals surface area contributed by atoms with E-state index in [1.165, 1.54) is 16.9 Å². The molecule has 28 heavy (non-hydrogen) atoms. The SMILES string of the molecule is CNC(=O)c1c(C)cccc1NC(=O)Cc1sc(C)nc1-c1ccc(C)cc1. The molecule has 144 valence electrons. The first kappa shape index (κ1) is 19.8. The quantitative estimate of drug-likeness (QED) is 0.680. The molecule has 0 fully saturated rings. The van der Waals surface area contributed by atoms with Crippen LogP contribution in [0.2, 0.25) is 0 Å². The summed E-state index contributed by atoms with van der Waals surface area (Å²) in [6.07, 6.45) is 0.204. The van der Waals surface area contributed by atoms with E-state index in [4.69, 9.17) is 0 Å². The van der Waals surface area contributed by atoms with E-state index in [0.717, 1.165) is 26.7 Å². The van der Waals surface area contributed by atoms with Crippen LogP contribution in [0.5, 0.6) is 0 Å². The van der Waals surface area contributed by atoms with E-state index in [2.05, 4.69) is 15.6 Å². The Labute approximate surface area is 168 Å². The van der Waals surface area contributed by atoms with Gasteiger partial charge < -0.3 is 10.6 Å². The van der Waals surface area contributed by atoms with E-state index in [1.807, 2.05) is 57.2 Å². The Morgan fingerprint density at radius 1 is 1.04 bits per heavy atom. The normalized spacial score (nSPS) is 10.6. The predicted molar refractivity (Wildman–Crippen MR) is 114 cm³/mol. The summed E-state index contributed by atoms with van der Waals surface area (Å²) in [5, 5.41) is 6.43. The molecule has 1 aromatic heterocycles. The van der Waals surface area contributed by atoms with Crippen LogP contribution in [0, 0.1) is 20.8 Å². The highest BCUT2D eigenvalue weighted by atomic mass is 32.1. The average Bonchev–Trinajstić information content (AvgIpc) is 3.02. The van der Waals surface area contributed by atoms with Gasteiger partial charge in [-0.25, -0.2) is 4.98 Å². The summed E-state index contributed by atoms with van der Waals surface area (Å²) < 4.78 is 0.